The first-order valence-electron chi connectivity index (χ1n) is 15.1. The van der Waals surface area contributed by atoms with Crippen molar-refractivity contribution >= 4 is 23.8 Å². The summed E-state index contributed by atoms with van der Waals surface area (Å²) in [4.78, 5) is 46.3. The van der Waals surface area contributed by atoms with Gasteiger partial charge in [-0.2, -0.15) is 0 Å². The van der Waals surface area contributed by atoms with Gasteiger partial charge in [0.15, 0.2) is 5.78 Å². The van der Waals surface area contributed by atoms with Crippen molar-refractivity contribution < 1.29 is 23.9 Å². The van der Waals surface area contributed by atoms with Crippen LogP contribution in [0.2, 0.25) is 0 Å². The normalized spacial score (nSPS) is 22.7. The van der Waals surface area contributed by atoms with Crippen molar-refractivity contribution in [1.82, 2.24) is 15.2 Å². The van der Waals surface area contributed by atoms with Gasteiger partial charge in [-0.3, -0.25) is 4.79 Å². The van der Waals surface area contributed by atoms with E-state index < -0.39 is 5.60 Å². The molecule has 2 amide bonds. The molecule has 3 fully saturated rings. The number of hydrogen-bond donors (Lipinski definition) is 1. The van der Waals surface area contributed by atoms with Crippen LogP contribution in [0.4, 0.5) is 15.4 Å². The third-order valence-corrected chi connectivity index (χ3v) is 8.27. The van der Waals surface area contributed by atoms with Gasteiger partial charge >= 0.3 is 12.2 Å². The number of alkyl carbamates (subject to hydrolysis) is 1. The lowest BCUT2D eigenvalue weighted by Gasteiger charge is -2.40. The maximum atomic E-state index is 12.9. The van der Waals surface area contributed by atoms with E-state index in [-0.39, 0.29) is 36.5 Å². The minimum absolute atomic E-state index is 0.0676. The van der Waals surface area contributed by atoms with Gasteiger partial charge in [-0.05, 0) is 89.0 Å². The number of fused-ring (bicyclic) bond motifs is 2. The minimum Gasteiger partial charge on any atom is -0.445 e. The molecule has 2 atom stereocenters. The summed E-state index contributed by atoms with van der Waals surface area (Å²) in [5.74, 6) is 1.05. The van der Waals surface area contributed by atoms with Crippen LogP contribution in [0.1, 0.15) is 75.2 Å². The summed E-state index contributed by atoms with van der Waals surface area (Å²) in [6.45, 7) is 7.09. The number of rotatable bonds is 7. The number of aromatic nitrogens is 1. The Hall–Kier alpha value is -3.88. The van der Waals surface area contributed by atoms with Crippen molar-refractivity contribution in [1.29, 1.82) is 0 Å². The molecule has 2 unspecified atom stereocenters. The van der Waals surface area contributed by atoms with E-state index in [1.807, 2.05) is 69.3 Å². The number of carbonyl (C=O) groups excluding carboxylic acids is 3. The predicted molar refractivity (Wildman–Crippen MR) is 160 cm³/mol. The van der Waals surface area contributed by atoms with Crippen LogP contribution in [-0.4, -0.2) is 64.7 Å². The van der Waals surface area contributed by atoms with Crippen LogP contribution in [-0.2, 0) is 16.1 Å². The average molecular weight is 575 g/mol. The standard InChI is InChI=1S/C33H42N4O5/c1-33(2,3)42-31(39)35-26-19-27-11-12-28(20-26)37(27)30-14-10-25(21-34-30)29(38)13-9-23-15-17-36(18-16-23)32(40)41-22-24-7-5-4-6-8-24/h4-10,13-14,21,23,26-28H,11-12,15-20,22H2,1-3H3,(H,35,39)/b13-9+. The van der Waals surface area contributed by atoms with Crippen molar-refractivity contribution in [3.63, 3.8) is 0 Å². The number of pyridine rings is 1. The van der Waals surface area contributed by atoms with Crippen molar-refractivity contribution in [3.05, 3.63) is 71.9 Å². The maximum Gasteiger partial charge on any atom is 0.410 e. The van der Waals surface area contributed by atoms with Crippen LogP contribution >= 0.6 is 0 Å². The van der Waals surface area contributed by atoms with Crippen LogP contribution in [0.5, 0.6) is 0 Å². The topological polar surface area (TPSA) is 101 Å². The summed E-state index contributed by atoms with van der Waals surface area (Å²) in [7, 11) is 0. The maximum absolute atomic E-state index is 12.9. The highest BCUT2D eigenvalue weighted by Gasteiger charge is 2.42. The number of benzene rings is 1. The lowest BCUT2D eigenvalue weighted by Crippen LogP contribution is -2.51. The molecular formula is C33H42N4O5. The molecule has 3 saturated heterocycles. The number of likely N-dealkylation sites (tertiary alicyclic amines) is 1. The quantitative estimate of drug-likeness (QED) is 0.325. The largest absolute Gasteiger partial charge is 0.445 e. The van der Waals surface area contributed by atoms with Crippen LogP contribution < -0.4 is 10.2 Å². The SMILES string of the molecule is CC(C)(C)OC(=O)NC1CC2CCC(C1)N2c1ccc(C(=O)/C=C/C2CCN(C(=O)OCc3ccccc3)CC2)cn1. The van der Waals surface area contributed by atoms with Gasteiger partial charge in [-0.25, -0.2) is 14.6 Å². The second-order valence-electron chi connectivity index (χ2n) is 12.6. The first kappa shape index (κ1) is 29.6. The smallest absolute Gasteiger partial charge is 0.410 e. The molecule has 0 aliphatic carbocycles. The molecule has 3 aliphatic rings. The molecule has 4 heterocycles. The highest BCUT2D eigenvalue weighted by molar-refractivity contribution is 6.04. The number of anilines is 1. The van der Waals surface area contributed by atoms with Crippen molar-refractivity contribution in [2.75, 3.05) is 18.0 Å². The third kappa shape index (κ3) is 7.69. The first-order chi connectivity index (χ1) is 20.1. The number of allylic oxidation sites excluding steroid dienone is 2. The molecule has 42 heavy (non-hydrogen) atoms. The molecule has 1 aromatic heterocycles. The number of ether oxygens (including phenoxy) is 2. The number of carbonyl (C=O) groups is 3. The van der Waals surface area contributed by atoms with Crippen LogP contribution in [0.15, 0.2) is 60.8 Å². The van der Waals surface area contributed by atoms with Crippen molar-refractivity contribution in [3.8, 4) is 0 Å². The van der Waals surface area contributed by atoms with Gasteiger partial charge in [0.2, 0.25) is 0 Å². The Morgan fingerprint density at radius 1 is 0.976 bits per heavy atom. The van der Waals surface area contributed by atoms with Gasteiger partial charge in [-0.15, -0.1) is 0 Å². The van der Waals surface area contributed by atoms with E-state index in [2.05, 4.69) is 15.2 Å². The predicted octanol–water partition coefficient (Wildman–Crippen LogP) is 5.89. The van der Waals surface area contributed by atoms with Gasteiger partial charge in [0.05, 0.1) is 0 Å². The number of nitrogens with one attached hydrogen (secondary N) is 1. The average Bonchev–Trinajstić information content (AvgIpc) is 3.24. The second kappa shape index (κ2) is 13.0. The van der Waals surface area contributed by atoms with Gasteiger partial charge < -0.3 is 24.6 Å². The number of ketones is 1. The Morgan fingerprint density at radius 2 is 1.67 bits per heavy atom. The van der Waals surface area contributed by atoms with Gasteiger partial charge in [0.1, 0.15) is 18.0 Å². The Labute approximate surface area is 248 Å². The summed E-state index contributed by atoms with van der Waals surface area (Å²) in [5, 5.41) is 3.05. The molecule has 0 spiro atoms. The Balaban J connectivity index is 1.07. The molecule has 9 nitrogen and oxygen atoms in total. The van der Waals surface area contributed by atoms with Gasteiger partial charge in [0.25, 0.3) is 0 Å². The van der Waals surface area contributed by atoms with E-state index in [1.54, 1.807) is 17.2 Å². The van der Waals surface area contributed by atoms with E-state index in [9.17, 15) is 14.4 Å². The molecule has 3 aliphatic heterocycles. The van der Waals surface area contributed by atoms with E-state index in [1.165, 1.54) is 0 Å². The zero-order valence-corrected chi connectivity index (χ0v) is 24.8. The van der Waals surface area contributed by atoms with Crippen LogP contribution in [0.3, 0.4) is 0 Å². The fourth-order valence-electron chi connectivity index (χ4n) is 6.23. The minimum atomic E-state index is -0.516. The van der Waals surface area contributed by atoms with E-state index in [4.69, 9.17) is 9.47 Å². The summed E-state index contributed by atoms with van der Waals surface area (Å²) < 4.78 is 10.9. The summed E-state index contributed by atoms with van der Waals surface area (Å²) >= 11 is 0. The van der Waals surface area contributed by atoms with Gasteiger partial charge in [-0.1, -0.05) is 36.4 Å². The molecule has 0 saturated carbocycles. The summed E-state index contributed by atoms with van der Waals surface area (Å²) in [6, 6.07) is 14.1. The molecule has 2 aromatic rings. The second-order valence-corrected chi connectivity index (χ2v) is 12.6. The zero-order chi connectivity index (χ0) is 29.7. The number of nitrogens with zero attached hydrogens (tertiary/aromatic N) is 3. The fourth-order valence-corrected chi connectivity index (χ4v) is 6.23. The fraction of sp³-hybridized carbons (Fsp3) is 0.515. The zero-order valence-electron chi connectivity index (χ0n) is 24.8. The molecule has 224 valence electrons. The van der Waals surface area contributed by atoms with E-state index in [0.29, 0.717) is 30.7 Å². The Kier molecular flexibility index (Phi) is 9.14. The van der Waals surface area contributed by atoms with Crippen LogP contribution in [0, 0.1) is 5.92 Å². The summed E-state index contributed by atoms with van der Waals surface area (Å²) in [5.41, 5.74) is 1.01. The van der Waals surface area contributed by atoms with Crippen molar-refractivity contribution in [2.24, 2.45) is 5.92 Å². The molecule has 2 bridgehead atoms. The number of hydrogen-bond acceptors (Lipinski definition) is 7. The Bertz CT molecular complexity index is 1250. The lowest BCUT2D eigenvalue weighted by atomic mass is 9.96. The van der Waals surface area contributed by atoms with E-state index in [0.717, 1.165) is 49.9 Å². The molecule has 0 radical (unpaired) electrons. The molecule has 9 heteroatoms. The third-order valence-electron chi connectivity index (χ3n) is 8.27. The highest BCUT2D eigenvalue weighted by Crippen LogP contribution is 2.38. The monoisotopic (exact) mass is 574 g/mol. The van der Waals surface area contributed by atoms with Crippen LogP contribution in [0.25, 0.3) is 0 Å². The first-order valence-corrected chi connectivity index (χ1v) is 15.1. The molecular weight excluding hydrogens is 532 g/mol. The molecule has 5 rings (SSSR count). The van der Waals surface area contributed by atoms with Crippen molar-refractivity contribution in [2.45, 2.75) is 89.6 Å². The molecule has 1 aromatic carbocycles. The number of piperidine rings is 2. The number of amides is 2. The lowest BCUT2D eigenvalue weighted by molar-refractivity contribution is 0.0492. The summed E-state index contributed by atoms with van der Waals surface area (Å²) in [6.07, 6.45) is 10.0. The highest BCUT2D eigenvalue weighted by atomic mass is 16.6. The Morgan fingerprint density at radius 3 is 2.29 bits per heavy atom. The van der Waals surface area contributed by atoms with E-state index >= 15 is 0 Å². The van der Waals surface area contributed by atoms with Gasteiger partial charge in [0, 0.05) is 43.0 Å². The molecule has 1 N–H and O–H groups in total.